The predicted octanol–water partition coefficient (Wildman–Crippen LogP) is 1.83. The van der Waals surface area contributed by atoms with Crippen molar-refractivity contribution in [3.05, 3.63) is 52.6 Å². The monoisotopic (exact) mass is 372 g/mol. The number of hydrogen-bond donors (Lipinski definition) is 6. The molecule has 0 atom stereocenters. The van der Waals surface area contributed by atoms with Crippen molar-refractivity contribution in [1.29, 1.82) is 0 Å². The van der Waals surface area contributed by atoms with E-state index < -0.39 is 6.09 Å². The van der Waals surface area contributed by atoms with Crippen LogP contribution in [0.5, 0.6) is 0 Å². The van der Waals surface area contributed by atoms with Gasteiger partial charge in [0, 0.05) is 31.9 Å². The Morgan fingerprint density at radius 2 is 1.70 bits per heavy atom. The lowest BCUT2D eigenvalue weighted by atomic mass is 9.97. The zero-order valence-corrected chi connectivity index (χ0v) is 15.5. The van der Waals surface area contributed by atoms with Crippen LogP contribution in [0.15, 0.2) is 30.3 Å². The van der Waals surface area contributed by atoms with Gasteiger partial charge in [-0.05, 0) is 47.4 Å². The second-order valence-electron chi connectivity index (χ2n) is 6.01. The van der Waals surface area contributed by atoms with E-state index in [0.29, 0.717) is 44.2 Å². The minimum Gasteiger partial charge on any atom is -0.450 e. The van der Waals surface area contributed by atoms with Crippen LogP contribution in [0.2, 0.25) is 0 Å². The minimum atomic E-state index is -0.537. The number of rotatable bonds is 8. The van der Waals surface area contributed by atoms with Crippen molar-refractivity contribution in [3.63, 3.8) is 0 Å². The summed E-state index contributed by atoms with van der Waals surface area (Å²) < 4.78 is 4.85. The fourth-order valence-electron chi connectivity index (χ4n) is 2.83. The highest BCUT2D eigenvalue weighted by Gasteiger charge is 2.10. The van der Waals surface area contributed by atoms with Gasteiger partial charge in [0.2, 0.25) is 0 Å². The van der Waals surface area contributed by atoms with Gasteiger partial charge in [-0.2, -0.15) is 0 Å². The zero-order valence-electron chi connectivity index (χ0n) is 15.5. The summed E-state index contributed by atoms with van der Waals surface area (Å²) in [6, 6.07) is 9.32. The number of nitrogens with two attached hydrogens (primary N) is 4. The Kier molecular flexibility index (Phi) is 7.42. The molecule has 2 rings (SSSR count). The number of anilines is 3. The second-order valence-corrected chi connectivity index (χ2v) is 6.01. The summed E-state index contributed by atoms with van der Waals surface area (Å²) in [6.45, 7) is 3.83. The third kappa shape index (κ3) is 5.33. The van der Waals surface area contributed by atoms with Crippen LogP contribution in [0.3, 0.4) is 0 Å². The van der Waals surface area contributed by atoms with Crippen molar-refractivity contribution in [2.75, 3.05) is 23.0 Å². The number of ether oxygens (including phenoxy) is 1. The molecule has 0 aliphatic carbocycles. The third-order valence-electron chi connectivity index (χ3n) is 4.20. The molecule has 2 aromatic rings. The highest BCUT2D eigenvalue weighted by Crippen LogP contribution is 2.25. The predicted molar refractivity (Wildman–Crippen MR) is 109 cm³/mol. The number of nitrogen functional groups attached to an aromatic ring is 1. The molecule has 27 heavy (non-hydrogen) atoms. The molecule has 0 aromatic heterocycles. The standard InChI is InChI=1S/C19H28N6O2/c1-2-27-19(26)25-18-4-3-15(7-17(18)23)24-11-16-13(9-21)5-12(8-20)6-14(16)10-22/h3-7,24H,2,8-11,20-23H2,1H3,(H,25,26). The van der Waals surface area contributed by atoms with E-state index >= 15 is 0 Å². The van der Waals surface area contributed by atoms with Crippen molar-refractivity contribution < 1.29 is 9.53 Å². The van der Waals surface area contributed by atoms with E-state index in [9.17, 15) is 4.79 Å². The average Bonchev–Trinajstić information content (AvgIpc) is 2.67. The minimum absolute atomic E-state index is 0.293. The normalized spacial score (nSPS) is 10.5. The summed E-state index contributed by atoms with van der Waals surface area (Å²) in [7, 11) is 0. The average molecular weight is 372 g/mol. The SMILES string of the molecule is CCOC(=O)Nc1ccc(NCc2c(CN)cc(CN)cc2CN)cc1N. The maximum absolute atomic E-state index is 11.5. The van der Waals surface area contributed by atoms with Crippen LogP contribution in [-0.4, -0.2) is 12.7 Å². The van der Waals surface area contributed by atoms with Gasteiger partial charge >= 0.3 is 6.09 Å². The van der Waals surface area contributed by atoms with Crippen LogP contribution in [0.1, 0.15) is 29.2 Å². The summed E-state index contributed by atoms with van der Waals surface area (Å²) in [4.78, 5) is 11.5. The molecular weight excluding hydrogens is 344 g/mol. The van der Waals surface area contributed by atoms with Gasteiger partial charge in [0.05, 0.1) is 18.0 Å². The first-order chi connectivity index (χ1) is 13.0. The third-order valence-corrected chi connectivity index (χ3v) is 4.20. The smallest absolute Gasteiger partial charge is 0.411 e. The van der Waals surface area contributed by atoms with Crippen LogP contribution in [0.25, 0.3) is 0 Å². The van der Waals surface area contributed by atoms with Gasteiger partial charge < -0.3 is 33.0 Å². The van der Waals surface area contributed by atoms with E-state index in [2.05, 4.69) is 10.6 Å². The van der Waals surface area contributed by atoms with E-state index in [1.54, 1.807) is 19.1 Å². The van der Waals surface area contributed by atoms with Gasteiger partial charge in [0.1, 0.15) is 0 Å². The highest BCUT2D eigenvalue weighted by atomic mass is 16.5. The Bertz CT molecular complexity index is 769. The topological polar surface area (TPSA) is 154 Å². The van der Waals surface area contributed by atoms with Crippen LogP contribution >= 0.6 is 0 Å². The summed E-state index contributed by atoms with van der Waals surface area (Å²) in [5.74, 6) is 0. The Morgan fingerprint density at radius 3 is 2.22 bits per heavy atom. The molecule has 10 N–H and O–H groups in total. The second kappa shape index (κ2) is 9.77. The number of carbonyl (C=O) groups excluding carboxylic acids is 1. The van der Waals surface area contributed by atoms with E-state index in [-0.39, 0.29) is 0 Å². The molecule has 0 spiro atoms. The quantitative estimate of drug-likeness (QED) is 0.386. The molecule has 2 aromatic carbocycles. The largest absolute Gasteiger partial charge is 0.450 e. The summed E-state index contributed by atoms with van der Waals surface area (Å²) >= 11 is 0. The number of benzene rings is 2. The molecule has 1 amide bonds. The van der Waals surface area contributed by atoms with Gasteiger partial charge in [0.15, 0.2) is 0 Å². The maximum Gasteiger partial charge on any atom is 0.411 e. The number of carbonyl (C=O) groups is 1. The van der Waals surface area contributed by atoms with E-state index in [1.807, 2.05) is 18.2 Å². The van der Waals surface area contributed by atoms with Crippen molar-refractivity contribution in [1.82, 2.24) is 0 Å². The number of hydrogen-bond acceptors (Lipinski definition) is 7. The molecule has 8 heteroatoms. The molecule has 0 bridgehead atoms. The first-order valence-electron chi connectivity index (χ1n) is 8.83. The van der Waals surface area contributed by atoms with Crippen molar-refractivity contribution in [2.24, 2.45) is 17.2 Å². The van der Waals surface area contributed by atoms with Crippen LogP contribution in [0, 0.1) is 0 Å². The van der Waals surface area contributed by atoms with E-state index in [4.69, 9.17) is 27.7 Å². The number of nitrogens with one attached hydrogen (secondary N) is 2. The van der Waals surface area contributed by atoms with Gasteiger partial charge in [-0.25, -0.2) is 4.79 Å². The van der Waals surface area contributed by atoms with E-state index in [1.165, 1.54) is 0 Å². The van der Waals surface area contributed by atoms with Gasteiger partial charge in [0.25, 0.3) is 0 Å². The summed E-state index contributed by atoms with van der Waals surface area (Å²) in [5, 5.41) is 5.93. The van der Waals surface area contributed by atoms with Crippen LogP contribution < -0.4 is 33.6 Å². The molecule has 0 saturated heterocycles. The zero-order chi connectivity index (χ0) is 19.8. The fourth-order valence-corrected chi connectivity index (χ4v) is 2.83. The lowest BCUT2D eigenvalue weighted by Crippen LogP contribution is -2.15. The lowest BCUT2D eigenvalue weighted by molar-refractivity contribution is 0.168. The maximum atomic E-state index is 11.5. The Hall–Kier alpha value is -2.81. The Labute approximate surface area is 159 Å². The summed E-state index contributed by atoms with van der Waals surface area (Å²) in [5.41, 5.74) is 29.4. The van der Waals surface area contributed by atoms with Crippen molar-refractivity contribution in [3.8, 4) is 0 Å². The molecule has 0 radical (unpaired) electrons. The summed E-state index contributed by atoms with van der Waals surface area (Å²) in [6.07, 6.45) is -0.537. The molecule has 8 nitrogen and oxygen atoms in total. The van der Waals surface area contributed by atoms with Crippen molar-refractivity contribution >= 4 is 23.2 Å². The van der Waals surface area contributed by atoms with Crippen molar-refractivity contribution in [2.45, 2.75) is 33.1 Å². The van der Waals surface area contributed by atoms with Gasteiger partial charge in [-0.15, -0.1) is 0 Å². The molecule has 0 aliphatic rings. The van der Waals surface area contributed by atoms with Crippen LogP contribution in [0.4, 0.5) is 21.9 Å². The molecule has 0 saturated carbocycles. The molecular formula is C19H28N6O2. The number of amides is 1. The Balaban J connectivity index is 2.15. The molecule has 0 heterocycles. The molecule has 0 unspecified atom stereocenters. The molecule has 146 valence electrons. The van der Waals surface area contributed by atoms with E-state index in [0.717, 1.165) is 27.9 Å². The Morgan fingerprint density at radius 1 is 1.04 bits per heavy atom. The fraction of sp³-hybridized carbons (Fsp3) is 0.316. The first kappa shape index (κ1) is 20.5. The highest BCUT2D eigenvalue weighted by molar-refractivity contribution is 5.89. The van der Waals surface area contributed by atoms with Gasteiger partial charge in [-0.1, -0.05) is 12.1 Å². The lowest BCUT2D eigenvalue weighted by Gasteiger charge is -2.17. The molecule has 0 fully saturated rings. The van der Waals surface area contributed by atoms with Gasteiger partial charge in [-0.3, -0.25) is 5.32 Å². The molecule has 0 aliphatic heterocycles. The first-order valence-corrected chi connectivity index (χ1v) is 8.83. The van der Waals surface area contributed by atoms with Crippen LogP contribution in [-0.2, 0) is 30.9 Å².